The van der Waals surface area contributed by atoms with Crippen molar-refractivity contribution in [2.45, 2.75) is 38.3 Å². The summed E-state index contributed by atoms with van der Waals surface area (Å²) in [5, 5.41) is 7.26. The van der Waals surface area contributed by atoms with Gasteiger partial charge in [0.1, 0.15) is 0 Å². The van der Waals surface area contributed by atoms with Crippen LogP contribution in [0.5, 0.6) is 0 Å². The minimum absolute atomic E-state index is 0.0444. The first-order valence-corrected chi connectivity index (χ1v) is 8.18. The summed E-state index contributed by atoms with van der Waals surface area (Å²) >= 11 is 0. The molecule has 0 aromatic carbocycles. The van der Waals surface area contributed by atoms with Gasteiger partial charge in [-0.05, 0) is 31.4 Å². The molecule has 1 amide bonds. The van der Waals surface area contributed by atoms with Crippen molar-refractivity contribution >= 4 is 5.91 Å². The van der Waals surface area contributed by atoms with Gasteiger partial charge in [0.25, 0.3) is 0 Å². The highest BCUT2D eigenvalue weighted by molar-refractivity contribution is 5.75. The van der Waals surface area contributed by atoms with Crippen LogP contribution in [0.2, 0.25) is 0 Å². The Hall–Kier alpha value is -2.70. The van der Waals surface area contributed by atoms with Crippen LogP contribution in [-0.2, 0) is 11.3 Å². The van der Waals surface area contributed by atoms with E-state index in [1.807, 2.05) is 12.1 Å². The van der Waals surface area contributed by atoms with Gasteiger partial charge in [0.15, 0.2) is 5.82 Å². The van der Waals surface area contributed by atoms with Crippen LogP contribution in [0.25, 0.3) is 11.4 Å². The molecule has 0 radical (unpaired) electrons. The molecule has 0 atom stereocenters. The average Bonchev–Trinajstić information content (AvgIpc) is 3.38. The second kappa shape index (κ2) is 7.25. The molecule has 0 saturated heterocycles. The van der Waals surface area contributed by atoms with Crippen molar-refractivity contribution < 1.29 is 4.79 Å². The number of hydrogen-bond acceptors (Lipinski definition) is 4. The van der Waals surface area contributed by atoms with Gasteiger partial charge >= 0.3 is 5.69 Å². The summed E-state index contributed by atoms with van der Waals surface area (Å²) in [5.41, 5.74) is 0.701. The van der Waals surface area contributed by atoms with Crippen molar-refractivity contribution in [2.24, 2.45) is 0 Å². The number of nitrogens with zero attached hydrogens (tertiary/aromatic N) is 4. The van der Waals surface area contributed by atoms with Gasteiger partial charge in [-0.3, -0.25) is 14.3 Å². The molecule has 1 aliphatic rings. The highest BCUT2D eigenvalue weighted by atomic mass is 16.2. The Morgan fingerprint density at radius 2 is 2.29 bits per heavy atom. The molecule has 1 saturated carbocycles. The lowest BCUT2D eigenvalue weighted by molar-refractivity contribution is -0.121. The molecular weight excluding hydrogens is 306 g/mol. The maximum absolute atomic E-state index is 12.6. The molecule has 3 rings (SSSR count). The number of amides is 1. The summed E-state index contributed by atoms with van der Waals surface area (Å²) in [7, 11) is 0. The van der Waals surface area contributed by atoms with Crippen molar-refractivity contribution in [2.75, 3.05) is 6.54 Å². The molecule has 1 aliphatic carbocycles. The zero-order valence-electron chi connectivity index (χ0n) is 13.5. The second-order valence-electron chi connectivity index (χ2n) is 5.85. The van der Waals surface area contributed by atoms with Crippen molar-refractivity contribution in [3.05, 3.63) is 47.7 Å². The molecule has 2 aromatic heterocycles. The second-order valence-corrected chi connectivity index (χ2v) is 5.85. The number of pyridine rings is 1. The Bertz CT molecular complexity index is 774. The van der Waals surface area contributed by atoms with E-state index in [0.717, 1.165) is 18.4 Å². The standard InChI is InChI=1S/C17H21N5O2/c1-2-3-6-15(23)19-10-11-21-17(24)22(14-7-8-14)16(20-21)13-5-4-9-18-12-13/h2,4-5,9,12,14H,1,3,6-8,10-11H2,(H,19,23). The lowest BCUT2D eigenvalue weighted by atomic mass is 10.3. The van der Waals surface area contributed by atoms with Crippen LogP contribution in [-0.4, -0.2) is 31.8 Å². The van der Waals surface area contributed by atoms with Crippen molar-refractivity contribution in [1.29, 1.82) is 0 Å². The summed E-state index contributed by atoms with van der Waals surface area (Å²) < 4.78 is 3.17. The van der Waals surface area contributed by atoms with E-state index in [1.165, 1.54) is 4.68 Å². The predicted molar refractivity (Wildman–Crippen MR) is 90.4 cm³/mol. The third-order valence-electron chi connectivity index (χ3n) is 3.92. The van der Waals surface area contributed by atoms with Gasteiger partial charge in [-0.2, -0.15) is 0 Å². The monoisotopic (exact) mass is 327 g/mol. The van der Waals surface area contributed by atoms with Crippen molar-refractivity contribution in [3.8, 4) is 11.4 Å². The molecule has 0 unspecified atom stereocenters. The fourth-order valence-electron chi connectivity index (χ4n) is 2.54. The van der Waals surface area contributed by atoms with E-state index >= 15 is 0 Å². The van der Waals surface area contributed by atoms with Crippen LogP contribution in [0.3, 0.4) is 0 Å². The first-order valence-electron chi connectivity index (χ1n) is 8.18. The maximum Gasteiger partial charge on any atom is 0.346 e. The Morgan fingerprint density at radius 1 is 1.46 bits per heavy atom. The SMILES string of the molecule is C=CCCC(=O)NCCn1nc(-c2cccnc2)n(C2CC2)c1=O. The van der Waals surface area contributed by atoms with Gasteiger partial charge in [0.05, 0.1) is 6.54 Å². The van der Waals surface area contributed by atoms with Gasteiger partial charge in [-0.1, -0.05) is 6.08 Å². The smallest absolute Gasteiger partial charge is 0.346 e. The summed E-state index contributed by atoms with van der Waals surface area (Å²) in [6.45, 7) is 4.32. The van der Waals surface area contributed by atoms with Gasteiger partial charge < -0.3 is 5.32 Å². The van der Waals surface area contributed by atoms with Crippen LogP contribution >= 0.6 is 0 Å². The first-order chi connectivity index (χ1) is 11.7. The van der Waals surface area contributed by atoms with E-state index in [-0.39, 0.29) is 17.6 Å². The zero-order valence-corrected chi connectivity index (χ0v) is 13.5. The highest BCUT2D eigenvalue weighted by Crippen LogP contribution is 2.36. The van der Waals surface area contributed by atoms with E-state index < -0.39 is 0 Å². The first kappa shape index (κ1) is 16.2. The van der Waals surface area contributed by atoms with E-state index in [4.69, 9.17) is 0 Å². The van der Waals surface area contributed by atoms with Crippen LogP contribution in [0, 0.1) is 0 Å². The third-order valence-corrected chi connectivity index (χ3v) is 3.92. The number of nitrogens with one attached hydrogen (secondary N) is 1. The summed E-state index contributed by atoms with van der Waals surface area (Å²) in [4.78, 5) is 28.3. The van der Waals surface area contributed by atoms with Crippen molar-refractivity contribution in [1.82, 2.24) is 24.6 Å². The molecule has 0 aliphatic heterocycles. The summed E-state index contributed by atoms with van der Waals surface area (Å²) in [6, 6.07) is 3.95. The van der Waals surface area contributed by atoms with Gasteiger partial charge in [-0.15, -0.1) is 11.7 Å². The Labute approximate surface area is 140 Å². The fraction of sp³-hybridized carbons (Fsp3) is 0.412. The molecular formula is C17H21N5O2. The quantitative estimate of drug-likeness (QED) is 0.745. The van der Waals surface area contributed by atoms with Crippen LogP contribution < -0.4 is 11.0 Å². The maximum atomic E-state index is 12.6. The summed E-state index contributed by atoms with van der Waals surface area (Å²) in [6.07, 6.45) is 8.17. The van der Waals surface area contributed by atoms with E-state index in [1.54, 1.807) is 23.0 Å². The third kappa shape index (κ3) is 3.61. The lowest BCUT2D eigenvalue weighted by Crippen LogP contribution is -2.32. The molecule has 1 fully saturated rings. The number of carbonyl (C=O) groups is 1. The van der Waals surface area contributed by atoms with Gasteiger partial charge in [0, 0.05) is 37.0 Å². The van der Waals surface area contributed by atoms with Gasteiger partial charge in [0.2, 0.25) is 5.91 Å². The van der Waals surface area contributed by atoms with Crippen molar-refractivity contribution in [3.63, 3.8) is 0 Å². The summed E-state index contributed by atoms with van der Waals surface area (Å²) in [5.74, 6) is 0.602. The Balaban J connectivity index is 1.74. The number of aromatic nitrogens is 4. The molecule has 0 spiro atoms. The molecule has 126 valence electrons. The largest absolute Gasteiger partial charge is 0.354 e. The van der Waals surface area contributed by atoms with Crippen LogP contribution in [0.15, 0.2) is 42.0 Å². The zero-order chi connectivity index (χ0) is 16.9. The van der Waals surface area contributed by atoms with Gasteiger partial charge in [-0.25, -0.2) is 9.48 Å². The molecule has 2 aromatic rings. The number of hydrogen-bond donors (Lipinski definition) is 1. The van der Waals surface area contributed by atoms with E-state index in [2.05, 4.69) is 22.0 Å². The Kier molecular flexibility index (Phi) is 4.88. The fourth-order valence-corrected chi connectivity index (χ4v) is 2.54. The predicted octanol–water partition coefficient (Wildman–Crippen LogP) is 1.52. The normalized spacial score (nSPS) is 13.7. The molecule has 7 nitrogen and oxygen atoms in total. The Morgan fingerprint density at radius 3 is 2.96 bits per heavy atom. The minimum atomic E-state index is -0.128. The highest BCUT2D eigenvalue weighted by Gasteiger charge is 2.30. The van der Waals surface area contributed by atoms with Crippen LogP contribution in [0.4, 0.5) is 0 Å². The molecule has 7 heteroatoms. The molecule has 0 bridgehead atoms. The number of carbonyl (C=O) groups excluding carboxylic acids is 1. The molecule has 2 heterocycles. The van der Waals surface area contributed by atoms with E-state index in [0.29, 0.717) is 31.8 Å². The minimum Gasteiger partial charge on any atom is -0.354 e. The lowest BCUT2D eigenvalue weighted by Gasteiger charge is -2.03. The molecule has 1 N–H and O–H groups in total. The van der Waals surface area contributed by atoms with E-state index in [9.17, 15) is 9.59 Å². The number of rotatable bonds is 8. The molecule has 24 heavy (non-hydrogen) atoms. The topological polar surface area (TPSA) is 81.8 Å². The van der Waals surface area contributed by atoms with Crippen LogP contribution in [0.1, 0.15) is 31.7 Å². The number of allylic oxidation sites excluding steroid dienone is 1. The average molecular weight is 327 g/mol.